The van der Waals surface area contributed by atoms with Crippen LogP contribution < -0.4 is 5.32 Å². The van der Waals surface area contributed by atoms with Gasteiger partial charge in [-0.25, -0.2) is 8.42 Å². The van der Waals surface area contributed by atoms with Gasteiger partial charge in [-0.15, -0.1) is 11.3 Å². The van der Waals surface area contributed by atoms with Crippen LogP contribution in [0.4, 0.5) is 4.79 Å². The normalized spacial score (nSPS) is 24.8. The monoisotopic (exact) mass is 386 g/mol. The van der Waals surface area contributed by atoms with Crippen molar-refractivity contribution in [2.45, 2.75) is 12.5 Å². The van der Waals surface area contributed by atoms with E-state index in [2.05, 4.69) is 5.32 Å². The van der Waals surface area contributed by atoms with Crippen LogP contribution >= 0.6 is 23.1 Å². The smallest absolute Gasteiger partial charge is 0.294 e. The van der Waals surface area contributed by atoms with Crippen LogP contribution in [0.2, 0.25) is 0 Å². The molecule has 0 aliphatic carbocycles. The van der Waals surface area contributed by atoms with Gasteiger partial charge in [-0.1, -0.05) is 6.07 Å². The molecule has 10 heteroatoms. The van der Waals surface area contributed by atoms with Gasteiger partial charge in [-0.3, -0.25) is 19.3 Å². The molecule has 0 radical (unpaired) electrons. The molecule has 7 nitrogen and oxygen atoms in total. The van der Waals surface area contributed by atoms with E-state index in [0.717, 1.165) is 21.5 Å². The molecule has 0 saturated carbocycles. The van der Waals surface area contributed by atoms with E-state index in [4.69, 9.17) is 0 Å². The van der Waals surface area contributed by atoms with E-state index in [1.54, 1.807) is 6.08 Å². The summed E-state index contributed by atoms with van der Waals surface area (Å²) >= 11 is 2.24. The zero-order chi connectivity index (χ0) is 17.3. The maximum Gasteiger partial charge on any atom is 0.294 e. The Morgan fingerprint density at radius 3 is 2.83 bits per heavy atom. The lowest BCUT2D eigenvalue weighted by Crippen LogP contribution is -2.43. The predicted molar refractivity (Wildman–Crippen MR) is 92.2 cm³/mol. The molecule has 3 rings (SSSR count). The summed E-state index contributed by atoms with van der Waals surface area (Å²) in [4.78, 5) is 38.2. The third-order valence-corrected chi connectivity index (χ3v) is 7.08. The van der Waals surface area contributed by atoms with Gasteiger partial charge in [0.15, 0.2) is 9.84 Å². The van der Waals surface area contributed by atoms with Crippen molar-refractivity contribution < 1.29 is 22.8 Å². The number of hydrogen-bond acceptors (Lipinski definition) is 7. The quantitative estimate of drug-likeness (QED) is 0.778. The van der Waals surface area contributed by atoms with Gasteiger partial charge in [0.25, 0.3) is 11.1 Å². The molecule has 1 N–H and O–H groups in total. The van der Waals surface area contributed by atoms with Crippen LogP contribution in [-0.2, 0) is 19.4 Å². The summed E-state index contributed by atoms with van der Waals surface area (Å²) in [6.07, 6.45) is 1.98. The highest BCUT2D eigenvalue weighted by Crippen LogP contribution is 2.32. The molecule has 24 heavy (non-hydrogen) atoms. The fourth-order valence-corrected chi connectivity index (χ4v) is 5.70. The number of sulfone groups is 1. The number of imide groups is 1. The number of thioether (sulfide) groups is 1. The van der Waals surface area contributed by atoms with E-state index in [-0.39, 0.29) is 16.4 Å². The molecule has 1 atom stereocenters. The summed E-state index contributed by atoms with van der Waals surface area (Å²) in [5, 5.41) is 3.93. The topological polar surface area (TPSA) is 101 Å². The highest BCUT2D eigenvalue weighted by molar-refractivity contribution is 8.18. The number of thiophene rings is 1. The Morgan fingerprint density at radius 2 is 2.21 bits per heavy atom. The predicted octanol–water partition coefficient (Wildman–Crippen LogP) is 1.09. The van der Waals surface area contributed by atoms with E-state index in [0.29, 0.717) is 6.42 Å². The summed E-state index contributed by atoms with van der Waals surface area (Å²) in [5.74, 6) is -1.09. The minimum atomic E-state index is -3.10. The second-order valence-electron chi connectivity index (χ2n) is 5.45. The van der Waals surface area contributed by atoms with Crippen molar-refractivity contribution >= 4 is 56.1 Å². The molecule has 2 aliphatic heterocycles. The largest absolute Gasteiger partial charge is 0.351 e. The fraction of sp³-hybridized carbons (Fsp3) is 0.357. The molecular formula is C14H14N2O5S3. The molecule has 0 spiro atoms. The van der Waals surface area contributed by atoms with Gasteiger partial charge in [0, 0.05) is 10.9 Å². The first-order chi connectivity index (χ1) is 11.3. The van der Waals surface area contributed by atoms with Crippen LogP contribution in [0.3, 0.4) is 0 Å². The van der Waals surface area contributed by atoms with Crippen molar-refractivity contribution in [2.75, 3.05) is 18.1 Å². The first-order valence-corrected chi connectivity index (χ1v) is 10.6. The number of nitrogens with zero attached hydrogens (tertiary/aromatic N) is 1. The van der Waals surface area contributed by atoms with E-state index in [1.807, 2.05) is 17.5 Å². The highest BCUT2D eigenvalue weighted by atomic mass is 32.2. The van der Waals surface area contributed by atoms with Crippen molar-refractivity contribution in [3.8, 4) is 0 Å². The Morgan fingerprint density at radius 1 is 1.42 bits per heavy atom. The third-order valence-electron chi connectivity index (χ3n) is 3.59. The molecule has 3 amide bonds. The number of carbonyl (C=O) groups excluding carboxylic acids is 3. The molecule has 0 unspecified atom stereocenters. The molecule has 0 bridgehead atoms. The lowest BCUT2D eigenvalue weighted by atomic mass is 10.2. The molecule has 128 valence electrons. The second-order valence-corrected chi connectivity index (χ2v) is 9.65. The molecule has 2 fully saturated rings. The molecular weight excluding hydrogens is 372 g/mol. The number of nitrogens with one attached hydrogen (secondary N) is 1. The van der Waals surface area contributed by atoms with Gasteiger partial charge < -0.3 is 5.32 Å². The van der Waals surface area contributed by atoms with E-state index < -0.39 is 39.5 Å². The van der Waals surface area contributed by atoms with E-state index in [1.165, 1.54) is 11.3 Å². The molecule has 1 aromatic rings. The molecule has 0 aromatic carbocycles. The summed E-state index contributed by atoms with van der Waals surface area (Å²) in [6.45, 7) is -0.400. The van der Waals surface area contributed by atoms with Crippen LogP contribution in [0.1, 0.15) is 11.3 Å². The van der Waals surface area contributed by atoms with Gasteiger partial charge in [-0.05, 0) is 35.7 Å². The first kappa shape index (κ1) is 17.2. The molecule has 1 aromatic heterocycles. The highest BCUT2D eigenvalue weighted by Gasteiger charge is 2.37. The van der Waals surface area contributed by atoms with Crippen LogP contribution in [-0.4, -0.2) is 54.5 Å². The third kappa shape index (κ3) is 3.87. The molecule has 2 aliphatic rings. The number of rotatable bonds is 4. The van der Waals surface area contributed by atoms with Gasteiger partial charge in [0.1, 0.15) is 6.54 Å². The molecule has 2 saturated heterocycles. The minimum absolute atomic E-state index is 0.0447. The average molecular weight is 386 g/mol. The minimum Gasteiger partial charge on any atom is -0.351 e. The van der Waals surface area contributed by atoms with Crippen molar-refractivity contribution in [2.24, 2.45) is 0 Å². The Labute approximate surface area is 147 Å². The maximum atomic E-state index is 12.3. The lowest BCUT2D eigenvalue weighted by Gasteiger charge is -2.15. The number of amides is 3. The van der Waals surface area contributed by atoms with Gasteiger partial charge >= 0.3 is 0 Å². The van der Waals surface area contributed by atoms with Gasteiger partial charge in [-0.2, -0.15) is 0 Å². The Kier molecular flexibility index (Phi) is 4.79. The standard InChI is InChI=1S/C14H14N2O5S3/c17-12(15-9-3-5-24(20,21)8-9)7-16-13(18)11(23-14(16)19)6-10-2-1-4-22-10/h1-2,4,6,9H,3,5,7-8H2,(H,15,17)/b11-6-/t9-/m1/s1. The van der Waals surface area contributed by atoms with E-state index in [9.17, 15) is 22.8 Å². The maximum absolute atomic E-state index is 12.3. The van der Waals surface area contributed by atoms with Crippen molar-refractivity contribution in [1.29, 1.82) is 0 Å². The van der Waals surface area contributed by atoms with Crippen LogP contribution in [0.15, 0.2) is 22.4 Å². The van der Waals surface area contributed by atoms with E-state index >= 15 is 0 Å². The zero-order valence-corrected chi connectivity index (χ0v) is 14.9. The van der Waals surface area contributed by atoms with Crippen molar-refractivity contribution in [1.82, 2.24) is 10.2 Å². The van der Waals surface area contributed by atoms with Crippen LogP contribution in [0.25, 0.3) is 6.08 Å². The Bertz CT molecular complexity index is 813. The number of hydrogen-bond donors (Lipinski definition) is 1. The zero-order valence-electron chi connectivity index (χ0n) is 12.4. The average Bonchev–Trinajstić information content (AvgIpc) is 3.17. The van der Waals surface area contributed by atoms with Crippen LogP contribution in [0.5, 0.6) is 0 Å². The second kappa shape index (κ2) is 6.69. The number of carbonyl (C=O) groups is 3. The van der Waals surface area contributed by atoms with Gasteiger partial charge in [0.2, 0.25) is 5.91 Å². The Balaban J connectivity index is 1.62. The fourth-order valence-electron chi connectivity index (χ4n) is 2.46. The Hall–Kier alpha value is -1.65. The molecule has 3 heterocycles. The first-order valence-electron chi connectivity index (χ1n) is 7.13. The summed E-state index contributed by atoms with van der Waals surface area (Å²) in [6, 6.07) is 3.21. The summed E-state index contributed by atoms with van der Waals surface area (Å²) in [7, 11) is -3.10. The lowest BCUT2D eigenvalue weighted by molar-refractivity contribution is -0.129. The van der Waals surface area contributed by atoms with Crippen LogP contribution in [0, 0.1) is 0 Å². The SMILES string of the molecule is O=C(CN1C(=O)S/C(=C\c2cccs2)C1=O)N[C@@H]1CCS(=O)(=O)C1. The summed E-state index contributed by atoms with van der Waals surface area (Å²) in [5.41, 5.74) is 0. The van der Waals surface area contributed by atoms with Crippen molar-refractivity contribution in [3.05, 3.63) is 27.3 Å². The van der Waals surface area contributed by atoms with Gasteiger partial charge in [0.05, 0.1) is 16.4 Å². The summed E-state index contributed by atoms with van der Waals surface area (Å²) < 4.78 is 22.8. The van der Waals surface area contributed by atoms with Crippen molar-refractivity contribution in [3.63, 3.8) is 0 Å².